The van der Waals surface area contributed by atoms with Crippen molar-refractivity contribution in [3.05, 3.63) is 59.0 Å². The average Bonchev–Trinajstić information content (AvgIpc) is 3.33. The van der Waals surface area contributed by atoms with Gasteiger partial charge in [-0.3, -0.25) is 9.93 Å². The van der Waals surface area contributed by atoms with E-state index in [1.165, 1.54) is 23.6 Å². The number of carboxylic acids is 1. The van der Waals surface area contributed by atoms with Crippen molar-refractivity contribution in [3.63, 3.8) is 0 Å². The van der Waals surface area contributed by atoms with Crippen molar-refractivity contribution in [2.75, 3.05) is 11.1 Å². The zero-order chi connectivity index (χ0) is 21.4. The number of anilines is 2. The molecule has 2 heterocycles. The summed E-state index contributed by atoms with van der Waals surface area (Å²) >= 11 is 2.03. The van der Waals surface area contributed by atoms with Gasteiger partial charge in [-0.1, -0.05) is 12.1 Å². The highest BCUT2D eigenvalue weighted by atomic mass is 32.2. The fourth-order valence-corrected chi connectivity index (χ4v) is 4.32. The Kier molecular flexibility index (Phi) is 5.12. The van der Waals surface area contributed by atoms with Crippen LogP contribution in [-0.4, -0.2) is 22.1 Å². The van der Waals surface area contributed by atoms with Crippen molar-refractivity contribution in [2.24, 2.45) is 5.14 Å². The summed E-state index contributed by atoms with van der Waals surface area (Å²) in [6, 6.07) is 11.1. The molecule has 4 aromatic rings. The van der Waals surface area contributed by atoms with Gasteiger partial charge in [0.1, 0.15) is 11.3 Å². The molecule has 0 radical (unpaired) electrons. The molecule has 2 aromatic carbocycles. The molecule has 30 heavy (non-hydrogen) atoms. The first-order chi connectivity index (χ1) is 14.4. The quantitative estimate of drug-likeness (QED) is 0.226. The van der Waals surface area contributed by atoms with Crippen LogP contribution >= 0.6 is 23.3 Å². The van der Waals surface area contributed by atoms with E-state index in [0.717, 1.165) is 23.3 Å². The molecule has 7 N–H and O–H groups in total. The number of carboxylic acid groups (broad SMARTS) is 1. The van der Waals surface area contributed by atoms with Crippen LogP contribution in [0.2, 0.25) is 0 Å². The van der Waals surface area contributed by atoms with Crippen LogP contribution < -0.4 is 16.2 Å². The number of nitrogens with one attached hydrogen (secondary N) is 1. The van der Waals surface area contributed by atoms with Crippen LogP contribution in [0.3, 0.4) is 0 Å². The van der Waals surface area contributed by atoms with Gasteiger partial charge in [0.05, 0.1) is 10.6 Å². The third-order valence-electron chi connectivity index (χ3n) is 4.40. The largest absolute Gasteiger partial charge is 0.504 e. The Labute approximate surface area is 178 Å². The summed E-state index contributed by atoms with van der Waals surface area (Å²) in [5.74, 6) is -1.48. The van der Waals surface area contributed by atoms with Crippen molar-refractivity contribution < 1.29 is 24.2 Å². The first-order valence-electron chi connectivity index (χ1n) is 8.53. The third kappa shape index (κ3) is 3.47. The maximum Gasteiger partial charge on any atom is 0.339 e. The SMILES string of the molecule is NSc1cc(C(=O)Nc2csc(-c3cc4cccc(O)c4o3)c2C(=O)O)ccc1N. The topological polar surface area (TPSA) is 152 Å². The summed E-state index contributed by atoms with van der Waals surface area (Å²) in [5.41, 5.74) is 6.81. The number of nitrogen functional groups attached to an aromatic ring is 1. The predicted molar refractivity (Wildman–Crippen MR) is 117 cm³/mol. The number of fused-ring (bicyclic) bond motifs is 1. The van der Waals surface area contributed by atoms with E-state index in [0.29, 0.717) is 20.8 Å². The number of nitrogens with two attached hydrogens (primary N) is 2. The van der Waals surface area contributed by atoms with Gasteiger partial charge < -0.3 is 25.7 Å². The van der Waals surface area contributed by atoms with Gasteiger partial charge in [-0.05, 0) is 42.3 Å². The minimum absolute atomic E-state index is 0.0439. The minimum Gasteiger partial charge on any atom is -0.504 e. The molecule has 0 aliphatic heterocycles. The summed E-state index contributed by atoms with van der Waals surface area (Å²) in [6.45, 7) is 0. The lowest BCUT2D eigenvalue weighted by atomic mass is 10.1. The first-order valence-corrected chi connectivity index (χ1v) is 10.3. The second-order valence-corrected chi connectivity index (χ2v) is 7.84. The molecule has 0 aliphatic rings. The Morgan fingerprint density at radius 3 is 2.67 bits per heavy atom. The fourth-order valence-electron chi connectivity index (χ4n) is 2.98. The number of aromatic carboxylic acids is 1. The van der Waals surface area contributed by atoms with Crippen LogP contribution in [-0.2, 0) is 0 Å². The van der Waals surface area contributed by atoms with E-state index in [2.05, 4.69) is 5.32 Å². The Bertz CT molecular complexity index is 1300. The number of para-hydroxylation sites is 1. The Balaban J connectivity index is 1.71. The molecule has 0 aliphatic carbocycles. The lowest BCUT2D eigenvalue weighted by molar-refractivity contribution is 0.0699. The number of phenolic OH excluding ortho intramolecular Hbond substituents is 1. The molecule has 2 aromatic heterocycles. The predicted octanol–water partition coefficient (Wildman–Crippen LogP) is 4.37. The number of furan rings is 1. The average molecular weight is 441 g/mol. The monoisotopic (exact) mass is 441 g/mol. The third-order valence-corrected chi connectivity index (χ3v) is 6.00. The number of aromatic hydroxyl groups is 1. The molecule has 4 rings (SSSR count). The number of carbonyl (C=O) groups is 2. The molecule has 0 fully saturated rings. The Morgan fingerprint density at radius 2 is 1.97 bits per heavy atom. The number of hydrogen-bond donors (Lipinski definition) is 5. The zero-order valence-corrected chi connectivity index (χ0v) is 16.8. The van der Waals surface area contributed by atoms with Crippen molar-refractivity contribution in [1.82, 2.24) is 0 Å². The van der Waals surface area contributed by atoms with E-state index in [4.69, 9.17) is 15.3 Å². The van der Waals surface area contributed by atoms with Gasteiger partial charge in [0.2, 0.25) is 0 Å². The number of hydrogen-bond acceptors (Lipinski definition) is 8. The summed E-state index contributed by atoms with van der Waals surface area (Å²) in [4.78, 5) is 25.5. The van der Waals surface area contributed by atoms with Crippen molar-refractivity contribution in [2.45, 2.75) is 4.90 Å². The molecule has 0 bridgehead atoms. The van der Waals surface area contributed by atoms with E-state index in [1.54, 1.807) is 24.3 Å². The van der Waals surface area contributed by atoms with Gasteiger partial charge in [-0.25, -0.2) is 4.79 Å². The molecule has 0 saturated carbocycles. The second kappa shape index (κ2) is 7.75. The number of carbonyl (C=O) groups excluding carboxylic acids is 1. The summed E-state index contributed by atoms with van der Waals surface area (Å²) in [6.07, 6.45) is 0. The van der Waals surface area contributed by atoms with Crippen LogP contribution in [0.25, 0.3) is 21.6 Å². The van der Waals surface area contributed by atoms with Crippen molar-refractivity contribution >= 4 is 57.5 Å². The molecular formula is C20H15N3O5S2. The van der Waals surface area contributed by atoms with Gasteiger partial charge in [-0.15, -0.1) is 11.3 Å². The second-order valence-electron chi connectivity index (χ2n) is 6.29. The van der Waals surface area contributed by atoms with Gasteiger partial charge >= 0.3 is 5.97 Å². The van der Waals surface area contributed by atoms with Gasteiger partial charge in [0.15, 0.2) is 11.3 Å². The van der Waals surface area contributed by atoms with E-state index in [1.807, 2.05) is 0 Å². The smallest absolute Gasteiger partial charge is 0.339 e. The number of thiophene rings is 1. The van der Waals surface area contributed by atoms with E-state index in [-0.39, 0.29) is 33.9 Å². The molecule has 10 heteroatoms. The maximum atomic E-state index is 12.7. The molecular weight excluding hydrogens is 426 g/mol. The molecule has 152 valence electrons. The number of amides is 1. The van der Waals surface area contributed by atoms with Crippen LogP contribution in [0.15, 0.2) is 57.2 Å². The van der Waals surface area contributed by atoms with Crippen LogP contribution in [0.4, 0.5) is 11.4 Å². The summed E-state index contributed by atoms with van der Waals surface area (Å²) in [7, 11) is 0. The molecule has 0 atom stereocenters. The first kappa shape index (κ1) is 19.8. The molecule has 0 unspecified atom stereocenters. The maximum absolute atomic E-state index is 12.7. The highest BCUT2D eigenvalue weighted by Crippen LogP contribution is 2.40. The van der Waals surface area contributed by atoms with Gasteiger partial charge in [0.25, 0.3) is 5.91 Å². The van der Waals surface area contributed by atoms with Gasteiger partial charge in [-0.2, -0.15) is 0 Å². The van der Waals surface area contributed by atoms with E-state index in [9.17, 15) is 19.8 Å². The summed E-state index contributed by atoms with van der Waals surface area (Å²) < 4.78 is 5.68. The standard InChI is InChI=1S/C20H15N3O5S2/c21-11-5-4-10(7-15(11)30-22)19(25)23-12-8-29-18(16(12)20(26)27)14-6-9-2-1-3-13(24)17(9)28-14/h1-8,24H,21-22H2,(H,23,25)(H,26,27). The van der Waals surface area contributed by atoms with E-state index >= 15 is 0 Å². The Morgan fingerprint density at radius 1 is 1.17 bits per heavy atom. The molecule has 0 spiro atoms. The highest BCUT2D eigenvalue weighted by Gasteiger charge is 2.24. The van der Waals surface area contributed by atoms with Crippen LogP contribution in [0.5, 0.6) is 5.75 Å². The van der Waals surface area contributed by atoms with Crippen LogP contribution in [0.1, 0.15) is 20.7 Å². The molecule has 0 saturated heterocycles. The molecule has 8 nitrogen and oxygen atoms in total. The van der Waals surface area contributed by atoms with E-state index < -0.39 is 11.9 Å². The zero-order valence-electron chi connectivity index (χ0n) is 15.2. The summed E-state index contributed by atoms with van der Waals surface area (Å²) in [5, 5.41) is 30.0. The lowest BCUT2D eigenvalue weighted by Crippen LogP contribution is -2.14. The Hall–Kier alpha value is -3.47. The fraction of sp³-hybridized carbons (Fsp3) is 0. The lowest BCUT2D eigenvalue weighted by Gasteiger charge is -2.08. The van der Waals surface area contributed by atoms with Crippen molar-refractivity contribution in [1.29, 1.82) is 0 Å². The number of benzene rings is 2. The van der Waals surface area contributed by atoms with Crippen LogP contribution in [0, 0.1) is 0 Å². The van der Waals surface area contributed by atoms with Crippen molar-refractivity contribution in [3.8, 4) is 16.4 Å². The minimum atomic E-state index is -1.22. The van der Waals surface area contributed by atoms with Gasteiger partial charge in [0, 0.05) is 26.9 Å². The number of phenols is 1. The number of rotatable bonds is 5. The normalized spacial score (nSPS) is 11.0. The molecule has 1 amide bonds. The highest BCUT2D eigenvalue weighted by molar-refractivity contribution is 7.97.